The Hall–Kier alpha value is -0.980. The molecule has 1 amide bonds. The maximum atomic E-state index is 11.7. The molecule has 1 heterocycles. The third-order valence-corrected chi connectivity index (χ3v) is 2.74. The van der Waals surface area contributed by atoms with Crippen LogP contribution in [-0.4, -0.2) is 29.8 Å². The van der Waals surface area contributed by atoms with Gasteiger partial charge in [0, 0.05) is 13.2 Å². The Balaban J connectivity index is 2.41. The number of hydrogen-bond acceptors (Lipinski definition) is 5. The molecule has 0 spiro atoms. The van der Waals surface area contributed by atoms with Gasteiger partial charge in [0.25, 0.3) is 0 Å². The first-order valence-corrected chi connectivity index (χ1v) is 6.39. The van der Waals surface area contributed by atoms with E-state index in [9.17, 15) is 4.79 Å². The molecule has 1 rings (SSSR count). The van der Waals surface area contributed by atoms with Crippen LogP contribution in [0.15, 0.2) is 6.07 Å². The van der Waals surface area contributed by atoms with E-state index in [0.29, 0.717) is 13.2 Å². The van der Waals surface area contributed by atoms with E-state index >= 15 is 0 Å². The molecule has 5 nitrogen and oxygen atoms in total. The highest BCUT2D eigenvalue weighted by Crippen LogP contribution is 2.16. The van der Waals surface area contributed by atoms with Crippen LogP contribution in [0.3, 0.4) is 0 Å². The van der Waals surface area contributed by atoms with Crippen molar-refractivity contribution in [3.05, 3.63) is 11.8 Å². The molecule has 0 aromatic carbocycles. The minimum absolute atomic E-state index is 0.124. The fraction of sp³-hybridized carbons (Fsp3) is 0.636. The predicted octanol–water partition coefficient (Wildman–Crippen LogP) is 2.18. The van der Waals surface area contributed by atoms with Crippen molar-refractivity contribution < 1.29 is 14.3 Å². The normalized spacial score (nSPS) is 10.8. The van der Waals surface area contributed by atoms with Crippen LogP contribution >= 0.6 is 11.5 Å². The van der Waals surface area contributed by atoms with Crippen LogP contribution in [0.2, 0.25) is 0 Å². The van der Waals surface area contributed by atoms with Crippen molar-refractivity contribution >= 4 is 22.4 Å². The lowest BCUT2D eigenvalue weighted by atomic mass is 10.4. The minimum Gasteiger partial charge on any atom is -0.352 e. The van der Waals surface area contributed by atoms with E-state index in [1.54, 1.807) is 0 Å². The van der Waals surface area contributed by atoms with Crippen molar-refractivity contribution in [2.75, 3.05) is 18.5 Å². The molecule has 6 heteroatoms. The number of rotatable bonds is 7. The van der Waals surface area contributed by atoms with E-state index < -0.39 is 6.29 Å². The van der Waals surface area contributed by atoms with E-state index in [1.807, 2.05) is 26.8 Å². The zero-order chi connectivity index (χ0) is 12.7. The number of nitrogens with one attached hydrogen (secondary N) is 1. The Morgan fingerprint density at radius 1 is 1.47 bits per heavy atom. The van der Waals surface area contributed by atoms with Crippen molar-refractivity contribution in [3.8, 4) is 0 Å². The van der Waals surface area contributed by atoms with E-state index in [-0.39, 0.29) is 12.3 Å². The molecule has 0 saturated heterocycles. The van der Waals surface area contributed by atoms with E-state index in [4.69, 9.17) is 9.47 Å². The third-order valence-electron chi connectivity index (χ3n) is 1.95. The number of carbonyl (C=O) groups is 1. The van der Waals surface area contributed by atoms with Crippen LogP contribution < -0.4 is 5.32 Å². The van der Waals surface area contributed by atoms with Crippen LogP contribution in [0, 0.1) is 6.92 Å². The van der Waals surface area contributed by atoms with Crippen molar-refractivity contribution in [1.29, 1.82) is 0 Å². The molecule has 0 aliphatic carbocycles. The fourth-order valence-electron chi connectivity index (χ4n) is 1.30. The van der Waals surface area contributed by atoms with Crippen LogP contribution in [0.25, 0.3) is 0 Å². The molecule has 0 atom stereocenters. The molecule has 0 saturated carbocycles. The molecule has 0 aliphatic heterocycles. The highest BCUT2D eigenvalue weighted by Gasteiger charge is 2.14. The van der Waals surface area contributed by atoms with Crippen LogP contribution in [0.5, 0.6) is 0 Å². The molecule has 96 valence electrons. The Kier molecular flexibility index (Phi) is 6.10. The number of nitrogens with zero attached hydrogens (tertiary/aromatic N) is 1. The second-order valence-corrected chi connectivity index (χ2v) is 4.23. The lowest BCUT2D eigenvalue weighted by Crippen LogP contribution is -2.24. The Bertz CT molecular complexity index is 348. The molecule has 0 unspecified atom stereocenters. The second kappa shape index (κ2) is 7.37. The molecule has 0 bridgehead atoms. The summed E-state index contributed by atoms with van der Waals surface area (Å²) in [6, 6.07) is 1.83. The lowest BCUT2D eigenvalue weighted by Gasteiger charge is -2.15. The number of anilines is 1. The Labute approximate surface area is 105 Å². The molecule has 0 radical (unpaired) electrons. The average Bonchev–Trinajstić information content (AvgIpc) is 2.64. The third kappa shape index (κ3) is 5.25. The van der Waals surface area contributed by atoms with Gasteiger partial charge in [-0.2, -0.15) is 4.37 Å². The van der Waals surface area contributed by atoms with E-state index in [2.05, 4.69) is 9.69 Å². The fourth-order valence-corrected chi connectivity index (χ4v) is 1.98. The van der Waals surface area contributed by atoms with Gasteiger partial charge in [0.1, 0.15) is 5.00 Å². The van der Waals surface area contributed by atoms with Gasteiger partial charge in [-0.1, -0.05) is 0 Å². The van der Waals surface area contributed by atoms with E-state index in [1.165, 1.54) is 11.5 Å². The standard InChI is InChI=1S/C11H18N2O3S/c1-4-15-11(16-5-2)7-9(14)12-10-6-8(3)13-17-10/h6,11H,4-5,7H2,1-3H3,(H,12,14). The monoisotopic (exact) mass is 258 g/mol. The summed E-state index contributed by atoms with van der Waals surface area (Å²) in [6.07, 6.45) is -0.280. The summed E-state index contributed by atoms with van der Waals surface area (Å²) in [4.78, 5) is 11.7. The average molecular weight is 258 g/mol. The van der Waals surface area contributed by atoms with Crippen molar-refractivity contribution in [2.45, 2.75) is 33.5 Å². The van der Waals surface area contributed by atoms with Gasteiger partial charge in [0.05, 0.1) is 12.1 Å². The smallest absolute Gasteiger partial charge is 0.230 e. The Morgan fingerprint density at radius 3 is 2.59 bits per heavy atom. The maximum Gasteiger partial charge on any atom is 0.230 e. The summed E-state index contributed by atoms with van der Waals surface area (Å²) in [6.45, 7) is 6.68. The number of aryl methyl sites for hydroxylation is 1. The topological polar surface area (TPSA) is 60.5 Å². The number of carbonyl (C=O) groups excluding carboxylic acids is 1. The lowest BCUT2D eigenvalue weighted by molar-refractivity contribution is -0.150. The predicted molar refractivity (Wildman–Crippen MR) is 67.1 cm³/mol. The molecule has 0 aliphatic rings. The van der Waals surface area contributed by atoms with Gasteiger partial charge in [0.15, 0.2) is 6.29 Å². The molecule has 0 fully saturated rings. The SMILES string of the molecule is CCOC(CC(=O)Nc1cc(C)ns1)OCC. The summed E-state index contributed by atoms with van der Waals surface area (Å²) in [5.41, 5.74) is 0.900. The summed E-state index contributed by atoms with van der Waals surface area (Å²) < 4.78 is 14.7. The van der Waals surface area contributed by atoms with Gasteiger partial charge < -0.3 is 14.8 Å². The van der Waals surface area contributed by atoms with Gasteiger partial charge in [-0.15, -0.1) is 0 Å². The molecule has 17 heavy (non-hydrogen) atoms. The van der Waals surface area contributed by atoms with Crippen LogP contribution in [0.4, 0.5) is 5.00 Å². The van der Waals surface area contributed by atoms with Gasteiger partial charge in [-0.3, -0.25) is 4.79 Å². The molecular formula is C11H18N2O3S. The first-order chi connectivity index (χ1) is 8.15. The summed E-state index contributed by atoms with van der Waals surface area (Å²) >= 11 is 1.27. The van der Waals surface area contributed by atoms with Crippen LogP contribution in [0.1, 0.15) is 26.0 Å². The highest BCUT2D eigenvalue weighted by atomic mass is 32.1. The summed E-state index contributed by atoms with van der Waals surface area (Å²) in [7, 11) is 0. The summed E-state index contributed by atoms with van der Waals surface area (Å²) in [5.74, 6) is -0.124. The van der Waals surface area contributed by atoms with Crippen molar-refractivity contribution in [2.24, 2.45) is 0 Å². The number of aromatic nitrogens is 1. The maximum absolute atomic E-state index is 11.7. The quantitative estimate of drug-likeness (QED) is 0.761. The first-order valence-electron chi connectivity index (χ1n) is 5.62. The largest absolute Gasteiger partial charge is 0.352 e. The highest BCUT2D eigenvalue weighted by molar-refractivity contribution is 7.10. The van der Waals surface area contributed by atoms with Crippen molar-refractivity contribution in [3.63, 3.8) is 0 Å². The van der Waals surface area contributed by atoms with Gasteiger partial charge >= 0.3 is 0 Å². The zero-order valence-electron chi connectivity index (χ0n) is 10.4. The second-order valence-electron chi connectivity index (χ2n) is 3.43. The molecule has 1 aromatic heterocycles. The molecular weight excluding hydrogens is 240 g/mol. The Morgan fingerprint density at radius 2 is 2.12 bits per heavy atom. The van der Waals surface area contributed by atoms with Gasteiger partial charge in [0.2, 0.25) is 5.91 Å². The van der Waals surface area contributed by atoms with Gasteiger partial charge in [-0.05, 0) is 38.4 Å². The molecule has 1 N–H and O–H groups in total. The zero-order valence-corrected chi connectivity index (χ0v) is 11.2. The first kappa shape index (κ1) is 14.1. The number of ether oxygens (including phenoxy) is 2. The van der Waals surface area contributed by atoms with Crippen LogP contribution in [-0.2, 0) is 14.3 Å². The number of hydrogen-bond donors (Lipinski definition) is 1. The minimum atomic E-state index is -0.473. The number of amides is 1. The molecule has 1 aromatic rings. The summed E-state index contributed by atoms with van der Waals surface area (Å²) in [5, 5.41) is 3.52. The van der Waals surface area contributed by atoms with Crippen molar-refractivity contribution in [1.82, 2.24) is 4.37 Å². The van der Waals surface area contributed by atoms with Gasteiger partial charge in [-0.25, -0.2) is 0 Å². The van der Waals surface area contributed by atoms with E-state index in [0.717, 1.165) is 10.7 Å².